The van der Waals surface area contributed by atoms with Gasteiger partial charge in [-0.3, -0.25) is 9.48 Å². The third kappa shape index (κ3) is 4.18. The van der Waals surface area contributed by atoms with Crippen molar-refractivity contribution in [3.8, 4) is 11.3 Å². The summed E-state index contributed by atoms with van der Waals surface area (Å²) in [6, 6.07) is 10.2. The van der Waals surface area contributed by atoms with Crippen molar-refractivity contribution >= 4 is 24.1 Å². The number of benzene rings is 1. The molecule has 1 amide bonds. The van der Waals surface area contributed by atoms with Crippen molar-refractivity contribution in [2.45, 2.75) is 32.7 Å². The first kappa shape index (κ1) is 21.0. The highest BCUT2D eigenvalue weighted by atomic mass is 35.5. The number of carbonyl (C=O) groups excluding carboxylic acids is 1. The summed E-state index contributed by atoms with van der Waals surface area (Å²) in [6.45, 7) is 5.87. The van der Waals surface area contributed by atoms with Gasteiger partial charge in [0.15, 0.2) is 5.69 Å². The smallest absolute Gasteiger partial charge is 0.279 e. The molecule has 1 fully saturated rings. The summed E-state index contributed by atoms with van der Waals surface area (Å²) >= 11 is 0. The molecule has 29 heavy (non-hydrogen) atoms. The van der Waals surface area contributed by atoms with Gasteiger partial charge in [-0.15, -0.1) is 17.5 Å². The summed E-state index contributed by atoms with van der Waals surface area (Å²) in [7, 11) is 1.82. The summed E-state index contributed by atoms with van der Waals surface area (Å²) in [6.07, 6.45) is 1.99. The zero-order valence-electron chi connectivity index (χ0n) is 16.8. The van der Waals surface area contributed by atoms with E-state index in [0.717, 1.165) is 48.4 Å². The van der Waals surface area contributed by atoms with E-state index in [1.165, 1.54) is 0 Å². The maximum absolute atomic E-state index is 12.8. The first-order chi connectivity index (χ1) is 13.5. The largest absolute Gasteiger partial charge is 0.317 e. The molecular weight excluding hydrogens is 390 g/mol. The van der Waals surface area contributed by atoms with Crippen LogP contribution in [0.15, 0.2) is 30.3 Å². The number of anilines is 1. The minimum absolute atomic E-state index is 0. The van der Waals surface area contributed by atoms with Crippen molar-refractivity contribution in [2.24, 2.45) is 7.05 Å². The van der Waals surface area contributed by atoms with Crippen molar-refractivity contribution in [3.05, 3.63) is 47.3 Å². The van der Waals surface area contributed by atoms with Gasteiger partial charge in [0.1, 0.15) is 5.82 Å². The summed E-state index contributed by atoms with van der Waals surface area (Å²) in [5.41, 5.74) is 4.17. The standard InChI is InChI=1S/C20H25N7O.ClH/c1-13-6-4-5-7-16(13)17-12-18(26(3)24-17)22-20(28)19-14(2)27(25-23-19)15-8-10-21-11-9-15;/h4-7,12,15,21H,8-11H2,1-3H3,(H,22,28);1H. The molecule has 0 atom stereocenters. The summed E-state index contributed by atoms with van der Waals surface area (Å²) in [4.78, 5) is 12.8. The van der Waals surface area contributed by atoms with Crippen LogP contribution in [0.2, 0.25) is 0 Å². The third-order valence-electron chi connectivity index (χ3n) is 5.34. The lowest BCUT2D eigenvalue weighted by atomic mass is 10.1. The molecule has 8 nitrogen and oxygen atoms in total. The van der Waals surface area contributed by atoms with Gasteiger partial charge in [-0.2, -0.15) is 5.10 Å². The maximum Gasteiger partial charge on any atom is 0.279 e. The Balaban J connectivity index is 0.00000240. The van der Waals surface area contributed by atoms with Gasteiger partial charge in [-0.1, -0.05) is 29.5 Å². The van der Waals surface area contributed by atoms with Crippen LogP contribution in [0.3, 0.4) is 0 Å². The van der Waals surface area contributed by atoms with Crippen LogP contribution < -0.4 is 10.6 Å². The minimum atomic E-state index is -0.267. The number of halogens is 1. The van der Waals surface area contributed by atoms with Crippen LogP contribution in [0.5, 0.6) is 0 Å². The molecule has 9 heteroatoms. The van der Waals surface area contributed by atoms with Crippen LogP contribution in [0.4, 0.5) is 5.82 Å². The van der Waals surface area contributed by atoms with E-state index in [1.807, 2.05) is 55.9 Å². The van der Waals surface area contributed by atoms with Gasteiger partial charge in [-0.25, -0.2) is 4.68 Å². The molecule has 1 aliphatic heterocycles. The second kappa shape index (κ2) is 8.75. The zero-order valence-corrected chi connectivity index (χ0v) is 17.7. The normalized spacial score (nSPS) is 14.4. The lowest BCUT2D eigenvalue weighted by Crippen LogP contribution is -2.30. The van der Waals surface area contributed by atoms with E-state index < -0.39 is 0 Å². The second-order valence-corrected chi connectivity index (χ2v) is 7.26. The number of aromatic nitrogens is 5. The van der Waals surface area contributed by atoms with Gasteiger partial charge in [0.25, 0.3) is 5.91 Å². The van der Waals surface area contributed by atoms with E-state index in [4.69, 9.17) is 0 Å². The third-order valence-corrected chi connectivity index (χ3v) is 5.34. The fraction of sp³-hybridized carbons (Fsp3) is 0.400. The van der Waals surface area contributed by atoms with E-state index >= 15 is 0 Å². The van der Waals surface area contributed by atoms with Gasteiger partial charge >= 0.3 is 0 Å². The number of rotatable bonds is 4. The average Bonchev–Trinajstić information content (AvgIpc) is 3.25. The van der Waals surface area contributed by atoms with Gasteiger partial charge in [0, 0.05) is 18.7 Å². The van der Waals surface area contributed by atoms with Crippen LogP contribution in [0.1, 0.15) is 40.6 Å². The molecule has 4 rings (SSSR count). The summed E-state index contributed by atoms with van der Waals surface area (Å²) in [5.74, 6) is 0.357. The molecule has 3 aromatic rings. The fourth-order valence-electron chi connectivity index (χ4n) is 3.70. The lowest BCUT2D eigenvalue weighted by molar-refractivity contribution is 0.102. The molecule has 0 unspecified atom stereocenters. The average molecular weight is 416 g/mol. The summed E-state index contributed by atoms with van der Waals surface area (Å²) in [5, 5.41) is 19.2. The van der Waals surface area contributed by atoms with Crippen molar-refractivity contribution < 1.29 is 4.79 Å². The number of hydrogen-bond acceptors (Lipinski definition) is 5. The predicted molar refractivity (Wildman–Crippen MR) is 114 cm³/mol. The highest BCUT2D eigenvalue weighted by Crippen LogP contribution is 2.25. The fourth-order valence-corrected chi connectivity index (χ4v) is 3.70. The van der Waals surface area contributed by atoms with E-state index in [0.29, 0.717) is 17.6 Å². The minimum Gasteiger partial charge on any atom is -0.317 e. The molecule has 0 saturated carbocycles. The molecule has 3 heterocycles. The Hall–Kier alpha value is -2.71. The van der Waals surface area contributed by atoms with E-state index in [2.05, 4.69) is 26.0 Å². The van der Waals surface area contributed by atoms with Crippen molar-refractivity contribution in [1.82, 2.24) is 30.1 Å². The zero-order chi connectivity index (χ0) is 19.7. The Morgan fingerprint density at radius 1 is 1.21 bits per heavy atom. The molecule has 0 aliphatic carbocycles. The number of aryl methyl sites for hydroxylation is 2. The molecule has 1 saturated heterocycles. The second-order valence-electron chi connectivity index (χ2n) is 7.26. The Kier molecular flexibility index (Phi) is 6.34. The SMILES string of the molecule is Cc1ccccc1-c1cc(NC(=O)c2nnn(C3CCNCC3)c2C)n(C)n1.Cl. The molecule has 1 aromatic carbocycles. The van der Waals surface area contributed by atoms with Crippen LogP contribution >= 0.6 is 12.4 Å². The van der Waals surface area contributed by atoms with E-state index in [-0.39, 0.29) is 18.3 Å². The molecular formula is C20H26ClN7O. The molecule has 0 bridgehead atoms. The molecule has 2 aromatic heterocycles. The van der Waals surface area contributed by atoms with Crippen molar-refractivity contribution in [1.29, 1.82) is 0 Å². The predicted octanol–water partition coefficient (Wildman–Crippen LogP) is 2.89. The van der Waals surface area contributed by atoms with E-state index in [9.17, 15) is 4.79 Å². The number of piperidine rings is 1. The first-order valence-corrected chi connectivity index (χ1v) is 9.58. The maximum atomic E-state index is 12.8. The van der Waals surface area contributed by atoms with Gasteiger partial charge in [-0.05, 0) is 45.3 Å². The number of carbonyl (C=O) groups is 1. The number of amides is 1. The van der Waals surface area contributed by atoms with Crippen molar-refractivity contribution in [3.63, 3.8) is 0 Å². The highest BCUT2D eigenvalue weighted by molar-refractivity contribution is 6.03. The molecule has 154 valence electrons. The molecule has 0 spiro atoms. The van der Waals surface area contributed by atoms with Crippen LogP contribution in [-0.2, 0) is 7.05 Å². The lowest BCUT2D eigenvalue weighted by Gasteiger charge is -2.23. The Morgan fingerprint density at radius 3 is 2.66 bits per heavy atom. The highest BCUT2D eigenvalue weighted by Gasteiger charge is 2.23. The van der Waals surface area contributed by atoms with Crippen LogP contribution in [-0.4, -0.2) is 43.8 Å². The monoisotopic (exact) mass is 415 g/mol. The topological polar surface area (TPSA) is 89.7 Å². The number of nitrogens with one attached hydrogen (secondary N) is 2. The quantitative estimate of drug-likeness (QED) is 0.683. The Bertz CT molecular complexity index is 1000. The van der Waals surface area contributed by atoms with Crippen molar-refractivity contribution in [2.75, 3.05) is 18.4 Å². The van der Waals surface area contributed by atoms with Crippen LogP contribution in [0, 0.1) is 13.8 Å². The van der Waals surface area contributed by atoms with E-state index in [1.54, 1.807) is 4.68 Å². The molecule has 2 N–H and O–H groups in total. The summed E-state index contributed by atoms with van der Waals surface area (Å²) < 4.78 is 3.56. The van der Waals surface area contributed by atoms with Gasteiger partial charge in [0.2, 0.25) is 0 Å². The number of nitrogens with zero attached hydrogens (tertiary/aromatic N) is 5. The van der Waals surface area contributed by atoms with Gasteiger partial charge < -0.3 is 10.6 Å². The van der Waals surface area contributed by atoms with Gasteiger partial charge in [0.05, 0.1) is 17.4 Å². The molecule has 1 aliphatic rings. The Labute approximate surface area is 176 Å². The molecule has 0 radical (unpaired) electrons. The Morgan fingerprint density at radius 2 is 1.93 bits per heavy atom. The number of hydrogen-bond donors (Lipinski definition) is 2. The van der Waals surface area contributed by atoms with Crippen LogP contribution in [0.25, 0.3) is 11.3 Å². The first-order valence-electron chi connectivity index (χ1n) is 9.58.